The topological polar surface area (TPSA) is 56.1 Å². The van der Waals surface area contributed by atoms with Gasteiger partial charge in [0.1, 0.15) is 11.9 Å². The molecule has 0 bridgehead atoms. The summed E-state index contributed by atoms with van der Waals surface area (Å²) in [4.78, 5) is 16.8. The zero-order valence-electron chi connectivity index (χ0n) is 13.4. The van der Waals surface area contributed by atoms with E-state index < -0.39 is 6.10 Å². The van der Waals surface area contributed by atoms with Gasteiger partial charge >= 0.3 is 0 Å². The minimum absolute atomic E-state index is 0.149. The Bertz CT molecular complexity index is 663. The Balaban J connectivity index is 2.17. The average molecular weight is 301 g/mol. The number of hydrogen-bond donors (Lipinski definition) is 1. The minimum Gasteiger partial charge on any atom is -0.365 e. The fraction of sp³-hybridized carbons (Fsp3) is 0.412. The number of aromatic nitrogens is 2. The van der Waals surface area contributed by atoms with Gasteiger partial charge in [0, 0.05) is 6.54 Å². The molecule has 22 heavy (non-hydrogen) atoms. The molecule has 2 rings (SSSR count). The lowest BCUT2D eigenvalue weighted by Crippen LogP contribution is -2.37. The van der Waals surface area contributed by atoms with Crippen LogP contribution in [0, 0.1) is 0 Å². The third-order valence-electron chi connectivity index (χ3n) is 3.58. The number of hydrogen-bond acceptors (Lipinski definition) is 3. The Kier molecular flexibility index (Phi) is 5.33. The zero-order chi connectivity index (χ0) is 16.1. The Labute approximate surface area is 131 Å². The van der Waals surface area contributed by atoms with E-state index in [0.717, 1.165) is 23.4 Å². The van der Waals surface area contributed by atoms with Crippen molar-refractivity contribution in [3.05, 3.63) is 42.7 Å². The lowest BCUT2D eigenvalue weighted by Gasteiger charge is -2.18. The van der Waals surface area contributed by atoms with Crippen molar-refractivity contribution < 1.29 is 9.53 Å². The van der Waals surface area contributed by atoms with Crippen molar-refractivity contribution in [2.24, 2.45) is 0 Å². The molecule has 5 nitrogen and oxygen atoms in total. The van der Waals surface area contributed by atoms with Gasteiger partial charge in [-0.3, -0.25) is 4.79 Å². The van der Waals surface area contributed by atoms with Crippen LogP contribution in [-0.2, 0) is 16.1 Å². The highest BCUT2D eigenvalue weighted by Gasteiger charge is 2.20. The number of amides is 1. The predicted octanol–water partition coefficient (Wildman–Crippen LogP) is 2.82. The lowest BCUT2D eigenvalue weighted by atomic mass is 10.2. The fourth-order valence-corrected chi connectivity index (χ4v) is 2.44. The number of carbonyl (C=O) groups is 1. The molecule has 0 unspecified atom stereocenters. The molecule has 1 aromatic heterocycles. The molecule has 2 atom stereocenters. The van der Waals surface area contributed by atoms with E-state index in [1.165, 1.54) is 0 Å². The van der Waals surface area contributed by atoms with E-state index in [4.69, 9.17) is 4.74 Å². The minimum atomic E-state index is -0.514. The Morgan fingerprint density at radius 3 is 2.86 bits per heavy atom. The van der Waals surface area contributed by atoms with Crippen LogP contribution in [0.25, 0.3) is 11.0 Å². The van der Waals surface area contributed by atoms with E-state index >= 15 is 0 Å². The van der Waals surface area contributed by atoms with Gasteiger partial charge in [0.25, 0.3) is 0 Å². The van der Waals surface area contributed by atoms with Gasteiger partial charge in [-0.2, -0.15) is 0 Å². The van der Waals surface area contributed by atoms with Gasteiger partial charge in [-0.15, -0.1) is 6.58 Å². The zero-order valence-corrected chi connectivity index (χ0v) is 13.4. The van der Waals surface area contributed by atoms with Crippen molar-refractivity contribution in [2.75, 3.05) is 6.61 Å². The van der Waals surface area contributed by atoms with Gasteiger partial charge in [0.05, 0.1) is 23.7 Å². The summed E-state index contributed by atoms with van der Waals surface area (Å²) in [6.07, 6.45) is 1.11. The largest absolute Gasteiger partial charge is 0.365 e. The maximum atomic E-state index is 12.1. The van der Waals surface area contributed by atoms with E-state index in [9.17, 15) is 4.79 Å². The first-order valence-corrected chi connectivity index (χ1v) is 7.56. The SMILES string of the molecule is C=CCO[C@@H](C)C(=O)N[C@@H](C)c1nc2ccccc2n1CC. The number of fused-ring (bicyclic) bond motifs is 1. The summed E-state index contributed by atoms with van der Waals surface area (Å²) in [5.74, 6) is 0.706. The number of nitrogens with one attached hydrogen (secondary N) is 1. The van der Waals surface area contributed by atoms with Crippen LogP contribution in [0.15, 0.2) is 36.9 Å². The van der Waals surface area contributed by atoms with Gasteiger partial charge in [-0.05, 0) is 32.9 Å². The molecule has 0 saturated carbocycles. The number of ether oxygens (including phenoxy) is 1. The third-order valence-corrected chi connectivity index (χ3v) is 3.58. The number of carbonyl (C=O) groups excluding carboxylic acids is 1. The number of para-hydroxylation sites is 2. The number of nitrogens with zero attached hydrogens (tertiary/aromatic N) is 2. The first kappa shape index (κ1) is 16.2. The number of aryl methyl sites for hydroxylation is 1. The molecule has 118 valence electrons. The van der Waals surface area contributed by atoms with Crippen molar-refractivity contribution in [3.8, 4) is 0 Å². The van der Waals surface area contributed by atoms with Crippen molar-refractivity contribution in [2.45, 2.75) is 39.5 Å². The van der Waals surface area contributed by atoms with Crippen LogP contribution >= 0.6 is 0 Å². The molecule has 0 fully saturated rings. The first-order valence-electron chi connectivity index (χ1n) is 7.56. The number of rotatable bonds is 7. The second kappa shape index (κ2) is 7.22. The second-order valence-corrected chi connectivity index (χ2v) is 5.20. The molecule has 0 aliphatic rings. The van der Waals surface area contributed by atoms with E-state index in [1.54, 1.807) is 13.0 Å². The van der Waals surface area contributed by atoms with E-state index in [1.807, 2.05) is 31.2 Å². The van der Waals surface area contributed by atoms with E-state index in [-0.39, 0.29) is 11.9 Å². The van der Waals surface area contributed by atoms with Crippen LogP contribution in [0.4, 0.5) is 0 Å². The van der Waals surface area contributed by atoms with Crippen molar-refractivity contribution in [1.29, 1.82) is 0 Å². The smallest absolute Gasteiger partial charge is 0.249 e. The van der Waals surface area contributed by atoms with Gasteiger partial charge in [0.2, 0.25) is 5.91 Å². The maximum absolute atomic E-state index is 12.1. The van der Waals surface area contributed by atoms with Crippen molar-refractivity contribution >= 4 is 16.9 Å². The molecule has 0 spiro atoms. The van der Waals surface area contributed by atoms with Crippen LogP contribution < -0.4 is 5.32 Å². The van der Waals surface area contributed by atoms with Crippen molar-refractivity contribution in [3.63, 3.8) is 0 Å². The Morgan fingerprint density at radius 1 is 1.45 bits per heavy atom. The summed E-state index contributed by atoms with van der Waals surface area (Å²) < 4.78 is 7.47. The molecule has 1 aromatic carbocycles. The highest BCUT2D eigenvalue weighted by Crippen LogP contribution is 2.20. The fourth-order valence-electron chi connectivity index (χ4n) is 2.44. The second-order valence-electron chi connectivity index (χ2n) is 5.20. The monoisotopic (exact) mass is 301 g/mol. The maximum Gasteiger partial charge on any atom is 0.249 e. The summed E-state index contributed by atoms with van der Waals surface area (Å²) in [6.45, 7) is 10.5. The normalized spacial score (nSPS) is 13.8. The summed E-state index contributed by atoms with van der Waals surface area (Å²) >= 11 is 0. The molecular formula is C17H23N3O2. The number of benzene rings is 1. The van der Waals surface area contributed by atoms with Gasteiger partial charge in [0.15, 0.2) is 0 Å². The molecule has 0 aliphatic carbocycles. The molecule has 2 aromatic rings. The summed E-state index contributed by atoms with van der Waals surface area (Å²) in [6, 6.07) is 7.80. The quantitative estimate of drug-likeness (QED) is 0.800. The van der Waals surface area contributed by atoms with Crippen LogP contribution in [0.1, 0.15) is 32.6 Å². The molecule has 1 heterocycles. The Morgan fingerprint density at radius 2 is 2.18 bits per heavy atom. The summed E-state index contributed by atoms with van der Waals surface area (Å²) in [5.41, 5.74) is 2.02. The third kappa shape index (κ3) is 3.36. The average Bonchev–Trinajstić information content (AvgIpc) is 2.91. The van der Waals surface area contributed by atoms with Crippen LogP contribution in [0.3, 0.4) is 0 Å². The van der Waals surface area contributed by atoms with Crippen LogP contribution in [0.2, 0.25) is 0 Å². The Hall–Kier alpha value is -2.14. The van der Waals surface area contributed by atoms with Crippen LogP contribution in [0.5, 0.6) is 0 Å². The first-order chi connectivity index (χ1) is 10.6. The predicted molar refractivity (Wildman–Crippen MR) is 87.6 cm³/mol. The van der Waals surface area contributed by atoms with Gasteiger partial charge in [-0.25, -0.2) is 4.98 Å². The molecule has 1 N–H and O–H groups in total. The molecular weight excluding hydrogens is 278 g/mol. The molecule has 0 aliphatic heterocycles. The summed E-state index contributed by atoms with van der Waals surface area (Å²) in [7, 11) is 0. The van der Waals surface area contributed by atoms with Crippen LogP contribution in [-0.4, -0.2) is 28.2 Å². The van der Waals surface area contributed by atoms with Gasteiger partial charge in [-0.1, -0.05) is 18.2 Å². The van der Waals surface area contributed by atoms with Crippen molar-refractivity contribution in [1.82, 2.24) is 14.9 Å². The molecule has 5 heteroatoms. The highest BCUT2D eigenvalue weighted by atomic mass is 16.5. The standard InChI is InChI=1S/C17H23N3O2/c1-5-11-22-13(4)17(21)18-12(3)16-19-14-9-7-8-10-15(14)20(16)6-2/h5,7-10,12-13H,1,6,11H2,2-4H3,(H,18,21)/t12-,13-/m0/s1. The molecule has 1 amide bonds. The van der Waals surface area contributed by atoms with E-state index in [2.05, 4.69) is 28.4 Å². The van der Waals surface area contributed by atoms with Gasteiger partial charge < -0.3 is 14.6 Å². The van der Waals surface area contributed by atoms with E-state index in [0.29, 0.717) is 6.61 Å². The molecule has 0 radical (unpaired) electrons. The summed E-state index contributed by atoms with van der Waals surface area (Å²) in [5, 5.41) is 2.96. The highest BCUT2D eigenvalue weighted by molar-refractivity contribution is 5.81. The number of imidazole rings is 1. The lowest BCUT2D eigenvalue weighted by molar-refractivity contribution is -0.131. The molecule has 0 saturated heterocycles.